The van der Waals surface area contributed by atoms with Crippen molar-refractivity contribution in [1.29, 1.82) is 0 Å². The van der Waals surface area contributed by atoms with Crippen molar-refractivity contribution in [2.24, 2.45) is 0 Å². The Kier molecular flexibility index (Phi) is 5.91. The van der Waals surface area contributed by atoms with Crippen LogP contribution in [0.15, 0.2) is 53.8 Å². The van der Waals surface area contributed by atoms with E-state index in [1.807, 2.05) is 24.3 Å². The van der Waals surface area contributed by atoms with Crippen molar-refractivity contribution in [3.8, 4) is 0 Å². The Balaban J connectivity index is 1.92. The van der Waals surface area contributed by atoms with Crippen molar-refractivity contribution in [3.05, 3.63) is 64.6 Å². The molecule has 27 heavy (non-hydrogen) atoms. The molecule has 3 rings (SSSR count). The lowest BCUT2D eigenvalue weighted by atomic mass is 10.1. The molecule has 6 heteroatoms. The molecule has 0 saturated carbocycles. The lowest BCUT2D eigenvalue weighted by molar-refractivity contribution is 0.0990. The van der Waals surface area contributed by atoms with Crippen LogP contribution in [0.25, 0.3) is 0 Å². The normalized spacial score (nSPS) is 13.4. The van der Waals surface area contributed by atoms with Gasteiger partial charge in [-0.05, 0) is 57.3 Å². The summed E-state index contributed by atoms with van der Waals surface area (Å²) in [6.45, 7) is 6.70. The molecule has 0 atom stereocenters. The number of halogens is 1. The molecule has 0 fully saturated rings. The van der Waals surface area contributed by atoms with E-state index in [1.165, 1.54) is 11.1 Å². The number of amides is 1. The predicted molar refractivity (Wildman–Crippen MR) is 111 cm³/mol. The fourth-order valence-electron chi connectivity index (χ4n) is 2.92. The van der Waals surface area contributed by atoms with Gasteiger partial charge in [0.1, 0.15) is 5.69 Å². The molecule has 0 radical (unpaired) electrons. The maximum atomic E-state index is 13.2. The number of hydrogen-bond acceptors (Lipinski definition) is 4. The zero-order chi connectivity index (χ0) is 19.4. The molecule has 2 aromatic rings. The number of aromatic nitrogens is 2. The van der Waals surface area contributed by atoms with Crippen LogP contribution in [0.5, 0.6) is 0 Å². The smallest absolute Gasteiger partial charge is 0.261 e. The molecule has 0 saturated heterocycles. The molecule has 2 heterocycles. The first-order valence-electron chi connectivity index (χ1n) is 8.95. The topological polar surface area (TPSA) is 58.1 Å². The van der Waals surface area contributed by atoms with E-state index in [-0.39, 0.29) is 11.2 Å². The lowest BCUT2D eigenvalue weighted by Gasteiger charge is -2.20. The third-order valence-electron chi connectivity index (χ3n) is 4.38. The minimum Gasteiger partial charge on any atom is -0.351 e. The van der Waals surface area contributed by atoms with Gasteiger partial charge in [-0.1, -0.05) is 35.4 Å². The summed E-state index contributed by atoms with van der Waals surface area (Å²) in [5.74, 6) is 0.379. The second kappa shape index (κ2) is 8.35. The summed E-state index contributed by atoms with van der Waals surface area (Å²) in [6, 6.07) is 7.42. The van der Waals surface area contributed by atoms with E-state index in [9.17, 15) is 4.79 Å². The van der Waals surface area contributed by atoms with Gasteiger partial charge in [-0.15, -0.1) is 0 Å². The van der Waals surface area contributed by atoms with Gasteiger partial charge in [-0.2, -0.15) is 4.98 Å². The highest BCUT2D eigenvalue weighted by Crippen LogP contribution is 2.34. The van der Waals surface area contributed by atoms with Gasteiger partial charge in [0, 0.05) is 6.54 Å². The highest BCUT2D eigenvalue weighted by Gasteiger charge is 2.27. The molecule has 1 aliphatic rings. The summed E-state index contributed by atoms with van der Waals surface area (Å²) >= 11 is 6.01. The van der Waals surface area contributed by atoms with Crippen LogP contribution in [0.4, 0.5) is 17.2 Å². The van der Waals surface area contributed by atoms with Crippen LogP contribution in [-0.2, 0) is 0 Å². The zero-order valence-electron chi connectivity index (χ0n) is 15.8. The summed E-state index contributed by atoms with van der Waals surface area (Å²) in [5, 5.41) is 3.36. The molecule has 1 N–H and O–H groups in total. The Morgan fingerprint density at radius 1 is 1.19 bits per heavy atom. The Bertz CT molecular complexity index is 916. The summed E-state index contributed by atoms with van der Waals surface area (Å²) in [6.07, 6.45) is 7.85. The Morgan fingerprint density at radius 2 is 1.96 bits per heavy atom. The summed E-state index contributed by atoms with van der Waals surface area (Å²) in [5.41, 5.74) is 4.54. The number of nitrogens with zero attached hydrogens (tertiary/aromatic N) is 3. The monoisotopic (exact) mass is 382 g/mol. The van der Waals surface area contributed by atoms with Crippen molar-refractivity contribution in [1.82, 2.24) is 9.97 Å². The molecule has 1 aromatic heterocycles. The van der Waals surface area contributed by atoms with Crippen LogP contribution in [0.3, 0.4) is 0 Å². The number of anilines is 3. The van der Waals surface area contributed by atoms with E-state index in [0.29, 0.717) is 23.6 Å². The number of para-hydroxylation sites is 1. The zero-order valence-corrected chi connectivity index (χ0v) is 16.5. The molecule has 0 spiro atoms. The number of rotatable bonds is 5. The molecule has 1 aliphatic heterocycles. The number of hydrogen-bond donors (Lipinski definition) is 1. The highest BCUT2D eigenvalue weighted by atomic mass is 35.5. The van der Waals surface area contributed by atoms with Crippen LogP contribution in [0, 0.1) is 0 Å². The van der Waals surface area contributed by atoms with Gasteiger partial charge in [0.2, 0.25) is 5.28 Å². The standard InChI is InChI=1S/C21H23ClN4O/c1-14(2)7-6-8-15(3)11-12-26-19-18(13-23-21(22)25-19)24-17-10-5-4-9-16(17)20(26)27/h4-5,7,9-11,13,24H,6,8,12H2,1-3H3/b15-11+. The van der Waals surface area contributed by atoms with Crippen LogP contribution in [0.1, 0.15) is 44.0 Å². The summed E-state index contributed by atoms with van der Waals surface area (Å²) < 4.78 is 0. The molecule has 0 bridgehead atoms. The number of fused-ring (bicyclic) bond motifs is 2. The lowest BCUT2D eigenvalue weighted by Crippen LogP contribution is -2.31. The molecule has 0 unspecified atom stereocenters. The number of nitrogens with one attached hydrogen (secondary N) is 1. The van der Waals surface area contributed by atoms with E-state index in [4.69, 9.17) is 11.6 Å². The molecular formula is C21H23ClN4O. The molecule has 140 valence electrons. The van der Waals surface area contributed by atoms with Gasteiger partial charge >= 0.3 is 0 Å². The number of benzene rings is 1. The summed E-state index contributed by atoms with van der Waals surface area (Å²) in [4.78, 5) is 23.2. The third kappa shape index (κ3) is 4.55. The second-order valence-electron chi connectivity index (χ2n) is 6.83. The SMILES string of the molecule is CC(C)=CCC/C(C)=C/CN1C(=O)c2ccccc2Nc2cnc(Cl)nc21. The second-order valence-corrected chi connectivity index (χ2v) is 7.17. The number of allylic oxidation sites excluding steroid dienone is 3. The van der Waals surface area contributed by atoms with Crippen molar-refractivity contribution in [2.45, 2.75) is 33.6 Å². The largest absolute Gasteiger partial charge is 0.351 e. The molecular weight excluding hydrogens is 360 g/mol. The average Bonchev–Trinajstić information content (AvgIpc) is 2.74. The molecule has 5 nitrogen and oxygen atoms in total. The van der Waals surface area contributed by atoms with Crippen molar-refractivity contribution < 1.29 is 4.79 Å². The number of carbonyl (C=O) groups is 1. The van der Waals surface area contributed by atoms with Gasteiger partial charge in [0.05, 0.1) is 17.4 Å². The fourth-order valence-corrected chi connectivity index (χ4v) is 3.05. The predicted octanol–water partition coefficient (Wildman–Crippen LogP) is 5.53. The molecule has 1 amide bonds. The van der Waals surface area contributed by atoms with E-state index < -0.39 is 0 Å². The summed E-state index contributed by atoms with van der Waals surface area (Å²) in [7, 11) is 0. The van der Waals surface area contributed by atoms with Gasteiger partial charge in [-0.3, -0.25) is 9.69 Å². The third-order valence-corrected chi connectivity index (χ3v) is 4.56. The van der Waals surface area contributed by atoms with Gasteiger partial charge in [0.25, 0.3) is 5.91 Å². The van der Waals surface area contributed by atoms with Crippen molar-refractivity contribution >= 4 is 34.7 Å². The van der Waals surface area contributed by atoms with E-state index >= 15 is 0 Å². The maximum Gasteiger partial charge on any atom is 0.261 e. The molecule has 1 aromatic carbocycles. The first-order valence-corrected chi connectivity index (χ1v) is 9.33. The van der Waals surface area contributed by atoms with Crippen LogP contribution >= 0.6 is 11.6 Å². The Morgan fingerprint density at radius 3 is 2.74 bits per heavy atom. The minimum absolute atomic E-state index is 0.111. The minimum atomic E-state index is -0.111. The Labute approximate surface area is 164 Å². The fraction of sp³-hybridized carbons (Fsp3) is 0.286. The van der Waals surface area contributed by atoms with Crippen LogP contribution in [0.2, 0.25) is 5.28 Å². The first kappa shape index (κ1) is 19.1. The van der Waals surface area contributed by atoms with Crippen molar-refractivity contribution in [2.75, 3.05) is 16.8 Å². The highest BCUT2D eigenvalue weighted by molar-refractivity contribution is 6.28. The van der Waals surface area contributed by atoms with E-state index in [2.05, 4.69) is 48.2 Å². The quantitative estimate of drug-likeness (QED) is 0.545. The average molecular weight is 383 g/mol. The number of carbonyl (C=O) groups excluding carboxylic acids is 1. The first-order chi connectivity index (χ1) is 13.0. The molecule has 0 aliphatic carbocycles. The Hall–Kier alpha value is -2.66. The van der Waals surface area contributed by atoms with Gasteiger partial charge < -0.3 is 5.32 Å². The maximum absolute atomic E-state index is 13.2. The van der Waals surface area contributed by atoms with E-state index in [0.717, 1.165) is 18.5 Å². The van der Waals surface area contributed by atoms with Crippen molar-refractivity contribution in [3.63, 3.8) is 0 Å². The van der Waals surface area contributed by atoms with Crippen LogP contribution < -0.4 is 10.2 Å². The van der Waals surface area contributed by atoms with Gasteiger partial charge in [0.15, 0.2) is 5.82 Å². The van der Waals surface area contributed by atoms with Gasteiger partial charge in [-0.25, -0.2) is 4.98 Å². The van der Waals surface area contributed by atoms with Crippen LogP contribution in [-0.4, -0.2) is 22.4 Å². The van der Waals surface area contributed by atoms with E-state index in [1.54, 1.807) is 11.1 Å².